The van der Waals surface area contributed by atoms with E-state index in [9.17, 15) is 4.79 Å². The number of primary amides is 1. The molecular weight excluding hydrogens is 346 g/mol. The number of nitrogens with two attached hydrogens (primary N) is 1. The number of aromatic hydroxyl groups is 1. The molecule has 140 valence electrons. The van der Waals surface area contributed by atoms with Crippen molar-refractivity contribution in [2.75, 3.05) is 0 Å². The van der Waals surface area contributed by atoms with Crippen molar-refractivity contribution < 1.29 is 9.90 Å². The van der Waals surface area contributed by atoms with Crippen LogP contribution in [0.2, 0.25) is 0 Å². The predicted molar refractivity (Wildman–Crippen MR) is 115 cm³/mol. The molecule has 4 aromatic carbocycles. The Morgan fingerprint density at radius 1 is 0.750 bits per heavy atom. The zero-order valence-corrected chi connectivity index (χ0v) is 15.7. The van der Waals surface area contributed by atoms with E-state index in [2.05, 4.69) is 48.5 Å². The lowest BCUT2D eigenvalue weighted by Crippen LogP contribution is -2.10. The average Bonchev–Trinajstić information content (AvgIpc) is 2.74. The van der Waals surface area contributed by atoms with Crippen LogP contribution in [-0.2, 0) is 12.8 Å². The fourth-order valence-corrected chi connectivity index (χ4v) is 4.02. The van der Waals surface area contributed by atoms with Crippen LogP contribution in [0.15, 0.2) is 72.8 Å². The van der Waals surface area contributed by atoms with E-state index in [4.69, 9.17) is 10.8 Å². The van der Waals surface area contributed by atoms with E-state index in [-0.39, 0.29) is 11.3 Å². The van der Waals surface area contributed by atoms with E-state index in [0.717, 1.165) is 0 Å². The molecule has 0 fully saturated rings. The first-order valence-corrected chi connectivity index (χ1v) is 9.65. The monoisotopic (exact) mass is 369 g/mol. The fourth-order valence-electron chi connectivity index (χ4n) is 4.02. The van der Waals surface area contributed by atoms with Crippen LogP contribution < -0.4 is 5.73 Å². The van der Waals surface area contributed by atoms with Gasteiger partial charge in [0.05, 0.1) is 5.56 Å². The molecule has 28 heavy (non-hydrogen) atoms. The summed E-state index contributed by atoms with van der Waals surface area (Å²) in [5, 5.41) is 14.6. The van der Waals surface area contributed by atoms with Crippen LogP contribution in [0.5, 0.6) is 5.75 Å². The van der Waals surface area contributed by atoms with Crippen LogP contribution in [0.3, 0.4) is 0 Å². The van der Waals surface area contributed by atoms with Gasteiger partial charge in [0, 0.05) is 0 Å². The number of hydrogen-bond donors (Lipinski definition) is 2. The maximum Gasteiger partial charge on any atom is 0.252 e. The maximum atomic E-state index is 10.5. The van der Waals surface area contributed by atoms with Gasteiger partial charge >= 0.3 is 0 Å². The zero-order chi connectivity index (χ0) is 19.5. The number of aryl methyl sites for hydroxylation is 2. The number of carbonyl (C=O) groups is 1. The smallest absolute Gasteiger partial charge is 0.252 e. The summed E-state index contributed by atoms with van der Waals surface area (Å²) >= 11 is 0. The Balaban J connectivity index is 0.000000165. The van der Waals surface area contributed by atoms with Gasteiger partial charge in [0.1, 0.15) is 5.75 Å². The van der Waals surface area contributed by atoms with E-state index >= 15 is 0 Å². The van der Waals surface area contributed by atoms with Gasteiger partial charge in [-0.15, -0.1) is 0 Å². The van der Waals surface area contributed by atoms with Gasteiger partial charge in [0.15, 0.2) is 0 Å². The molecule has 3 nitrogen and oxygen atoms in total. The first-order chi connectivity index (χ1) is 13.6. The number of carbonyl (C=O) groups excluding carboxylic acids is 1. The Morgan fingerprint density at radius 3 is 2.25 bits per heavy atom. The van der Waals surface area contributed by atoms with Gasteiger partial charge < -0.3 is 10.8 Å². The summed E-state index contributed by atoms with van der Waals surface area (Å²) < 4.78 is 0. The Labute approximate surface area is 164 Å². The second-order valence-corrected chi connectivity index (χ2v) is 7.17. The molecule has 3 N–H and O–H groups in total. The molecule has 0 unspecified atom stereocenters. The normalized spacial score (nSPS) is 12.9. The van der Waals surface area contributed by atoms with E-state index in [0.29, 0.717) is 0 Å². The minimum absolute atomic E-state index is 0.0741. The lowest BCUT2D eigenvalue weighted by atomic mass is 9.86. The van der Waals surface area contributed by atoms with Gasteiger partial charge in [-0.2, -0.15) is 0 Å². The first kappa shape index (κ1) is 18.1. The average molecular weight is 369 g/mol. The van der Waals surface area contributed by atoms with Crippen molar-refractivity contribution in [2.24, 2.45) is 5.73 Å². The molecule has 1 amide bonds. The number of hydrogen-bond acceptors (Lipinski definition) is 2. The molecule has 4 aromatic rings. The van der Waals surface area contributed by atoms with Crippen LogP contribution in [0.25, 0.3) is 21.5 Å². The fraction of sp³-hybridized carbons (Fsp3) is 0.160. The molecule has 0 atom stereocenters. The van der Waals surface area contributed by atoms with Crippen molar-refractivity contribution in [3.05, 3.63) is 89.5 Å². The summed E-state index contributed by atoms with van der Waals surface area (Å²) in [6.45, 7) is 0. The third-order valence-electron chi connectivity index (χ3n) is 5.43. The maximum absolute atomic E-state index is 10.5. The highest BCUT2D eigenvalue weighted by molar-refractivity contribution is 6.08. The Morgan fingerprint density at radius 2 is 1.46 bits per heavy atom. The van der Waals surface area contributed by atoms with Gasteiger partial charge in [0.25, 0.3) is 5.91 Å². The summed E-state index contributed by atoms with van der Waals surface area (Å²) in [5.41, 5.74) is 8.25. The van der Waals surface area contributed by atoms with Gasteiger partial charge in [-0.3, -0.25) is 4.79 Å². The number of fused-ring (bicyclic) bond motifs is 5. The third kappa shape index (κ3) is 3.44. The molecule has 3 heteroatoms. The highest BCUT2D eigenvalue weighted by Crippen LogP contribution is 2.33. The lowest BCUT2D eigenvalue weighted by molar-refractivity contribution is 0.0998. The lowest BCUT2D eigenvalue weighted by Gasteiger charge is -2.18. The molecule has 0 aromatic heterocycles. The van der Waals surface area contributed by atoms with Gasteiger partial charge in [0.2, 0.25) is 0 Å². The molecule has 0 radical (unpaired) electrons. The number of benzene rings is 4. The highest BCUT2D eigenvalue weighted by Gasteiger charge is 2.13. The van der Waals surface area contributed by atoms with Gasteiger partial charge in [-0.1, -0.05) is 60.7 Å². The standard InChI is InChI=1S/C18H16.C7H7NO2/c1-3-7-15-13(5-1)9-11-18-16-8-4-2-6-14(16)10-12-17(15)18;8-7(10)5-3-1-2-4-6(5)9/h1,3,5,7,9-12H,2,4,6,8H2;1-4,9H,(H2,8,10). The molecule has 0 spiro atoms. The summed E-state index contributed by atoms with van der Waals surface area (Å²) in [6, 6.07) is 24.1. The Hall–Kier alpha value is -3.33. The van der Waals surface area contributed by atoms with Crippen molar-refractivity contribution in [1.82, 2.24) is 0 Å². The van der Waals surface area contributed by atoms with E-state index in [1.165, 1.54) is 59.4 Å². The predicted octanol–water partition coefficient (Wildman–Crippen LogP) is 5.36. The topological polar surface area (TPSA) is 63.3 Å². The second-order valence-electron chi connectivity index (χ2n) is 7.17. The molecule has 0 aliphatic heterocycles. The summed E-state index contributed by atoms with van der Waals surface area (Å²) in [7, 11) is 0. The van der Waals surface area contributed by atoms with Crippen molar-refractivity contribution >= 4 is 27.5 Å². The summed E-state index contributed by atoms with van der Waals surface area (Å²) in [4.78, 5) is 10.5. The quantitative estimate of drug-likeness (QED) is 0.444. The van der Waals surface area contributed by atoms with Crippen molar-refractivity contribution in [3.8, 4) is 5.75 Å². The minimum Gasteiger partial charge on any atom is -0.507 e. The Bertz CT molecular complexity index is 1160. The molecule has 0 heterocycles. The Kier molecular flexibility index (Phi) is 4.98. The highest BCUT2D eigenvalue weighted by atomic mass is 16.3. The van der Waals surface area contributed by atoms with Crippen LogP contribution in [0.4, 0.5) is 0 Å². The number of phenols is 1. The zero-order valence-electron chi connectivity index (χ0n) is 15.7. The molecule has 0 saturated heterocycles. The number of para-hydroxylation sites is 1. The largest absolute Gasteiger partial charge is 0.507 e. The number of rotatable bonds is 1. The van der Waals surface area contributed by atoms with Gasteiger partial charge in [-0.25, -0.2) is 0 Å². The van der Waals surface area contributed by atoms with Crippen molar-refractivity contribution in [1.29, 1.82) is 0 Å². The molecule has 5 rings (SSSR count). The van der Waals surface area contributed by atoms with Gasteiger partial charge in [-0.05, 0) is 70.5 Å². The SMILES string of the molecule is NC(=O)c1ccccc1O.c1ccc2c(c1)ccc1c3c(ccc12)CCCC3. The molecule has 0 bridgehead atoms. The number of amides is 1. The van der Waals surface area contributed by atoms with Crippen LogP contribution >= 0.6 is 0 Å². The van der Waals surface area contributed by atoms with E-state index in [1.54, 1.807) is 23.3 Å². The van der Waals surface area contributed by atoms with E-state index < -0.39 is 5.91 Å². The van der Waals surface area contributed by atoms with Crippen molar-refractivity contribution in [2.45, 2.75) is 25.7 Å². The summed E-state index contributed by atoms with van der Waals surface area (Å²) in [5.74, 6) is -0.687. The molecule has 1 aliphatic rings. The first-order valence-electron chi connectivity index (χ1n) is 9.65. The molecular formula is C25H23NO2. The van der Waals surface area contributed by atoms with Crippen LogP contribution in [0.1, 0.15) is 34.3 Å². The van der Waals surface area contributed by atoms with Crippen molar-refractivity contribution in [3.63, 3.8) is 0 Å². The second kappa shape index (κ2) is 7.73. The third-order valence-corrected chi connectivity index (χ3v) is 5.43. The molecule has 0 saturated carbocycles. The molecule has 1 aliphatic carbocycles. The van der Waals surface area contributed by atoms with Crippen LogP contribution in [0, 0.1) is 0 Å². The van der Waals surface area contributed by atoms with E-state index in [1.807, 2.05) is 0 Å². The minimum atomic E-state index is -0.613. The van der Waals surface area contributed by atoms with Crippen LogP contribution in [-0.4, -0.2) is 11.0 Å². The summed E-state index contributed by atoms with van der Waals surface area (Å²) in [6.07, 6.45) is 5.22.